The number of halogens is 2. The summed E-state index contributed by atoms with van der Waals surface area (Å²) in [6.45, 7) is 2.81. The molecule has 4 rings (SSSR count). The molecule has 1 amide bonds. The Labute approximate surface area is 181 Å². The first-order valence-corrected chi connectivity index (χ1v) is 10.3. The second kappa shape index (κ2) is 9.14. The zero-order valence-corrected chi connectivity index (χ0v) is 17.2. The monoisotopic (exact) mass is 420 g/mol. The fourth-order valence-corrected chi connectivity index (χ4v) is 3.73. The maximum Gasteiger partial charge on any atom is 0.254 e. The van der Waals surface area contributed by atoms with Crippen LogP contribution in [0.2, 0.25) is 5.02 Å². The second-order valence-corrected chi connectivity index (χ2v) is 7.67. The maximum atomic E-state index is 13.4. The molecule has 0 aliphatic carbocycles. The largest absolute Gasteiger partial charge is 0.368 e. The van der Waals surface area contributed by atoms with E-state index in [0.717, 1.165) is 18.7 Å². The number of nitrogens with zero attached hydrogens (tertiary/aromatic N) is 2. The van der Waals surface area contributed by atoms with Gasteiger partial charge in [0.15, 0.2) is 0 Å². The molecule has 5 heteroatoms. The molecule has 0 aromatic heterocycles. The summed E-state index contributed by atoms with van der Waals surface area (Å²) in [4.78, 5) is 17.6. The Morgan fingerprint density at radius 1 is 0.833 bits per heavy atom. The number of amides is 1. The fraction of sp³-hybridized carbons (Fsp3) is 0.160. The molecule has 3 aromatic rings. The minimum absolute atomic E-state index is 0.0516. The molecule has 0 radical (unpaired) electrons. The first-order chi connectivity index (χ1) is 14.6. The Bertz CT molecular complexity index is 1030. The van der Waals surface area contributed by atoms with Crippen LogP contribution in [0.4, 0.5) is 10.1 Å². The maximum absolute atomic E-state index is 13.4. The summed E-state index contributed by atoms with van der Waals surface area (Å²) in [5.74, 6) is -0.377. The van der Waals surface area contributed by atoms with E-state index in [4.69, 9.17) is 11.6 Å². The molecule has 0 atom stereocenters. The smallest absolute Gasteiger partial charge is 0.254 e. The van der Waals surface area contributed by atoms with Crippen molar-refractivity contribution in [1.29, 1.82) is 0 Å². The minimum atomic E-state index is -0.325. The van der Waals surface area contributed by atoms with E-state index in [9.17, 15) is 9.18 Å². The summed E-state index contributed by atoms with van der Waals surface area (Å²) in [6.07, 6.45) is 1.84. The van der Waals surface area contributed by atoms with Crippen LogP contribution in [0.15, 0.2) is 78.9 Å². The third kappa shape index (κ3) is 4.71. The van der Waals surface area contributed by atoms with Crippen LogP contribution in [0, 0.1) is 5.82 Å². The Hall–Kier alpha value is -3.11. The highest BCUT2D eigenvalue weighted by Crippen LogP contribution is 2.24. The van der Waals surface area contributed by atoms with E-state index in [0.29, 0.717) is 29.2 Å². The van der Waals surface area contributed by atoms with E-state index in [2.05, 4.69) is 17.0 Å². The lowest BCUT2D eigenvalue weighted by molar-refractivity contribution is -0.125. The standard InChI is InChI=1S/C25H22ClFN2O/c26-21-10-6-19(7-11-21)18-24(20-8-12-22(27)13-9-20)25(30)29-16-14-28(15-17-29)23-4-2-1-3-5-23/h1-13,18H,14-17H2. The van der Waals surface area contributed by atoms with Gasteiger partial charge in [0.1, 0.15) is 5.82 Å². The summed E-state index contributed by atoms with van der Waals surface area (Å²) < 4.78 is 13.4. The predicted molar refractivity (Wildman–Crippen MR) is 121 cm³/mol. The number of carbonyl (C=O) groups excluding carboxylic acids is 1. The third-order valence-electron chi connectivity index (χ3n) is 5.25. The SMILES string of the molecule is O=C(C(=Cc1ccc(Cl)cc1)c1ccc(F)cc1)N1CCN(c2ccccc2)CC1. The summed E-state index contributed by atoms with van der Waals surface area (Å²) in [5.41, 5.74) is 3.28. The zero-order valence-electron chi connectivity index (χ0n) is 16.5. The van der Waals surface area contributed by atoms with Gasteiger partial charge in [0.25, 0.3) is 5.91 Å². The predicted octanol–water partition coefficient (Wildman–Crippen LogP) is 5.37. The highest BCUT2D eigenvalue weighted by molar-refractivity contribution is 6.30. The van der Waals surface area contributed by atoms with Gasteiger partial charge < -0.3 is 9.80 Å². The lowest BCUT2D eigenvalue weighted by Crippen LogP contribution is -2.49. The van der Waals surface area contributed by atoms with Gasteiger partial charge >= 0.3 is 0 Å². The lowest BCUT2D eigenvalue weighted by atomic mass is 10.0. The van der Waals surface area contributed by atoms with Crippen LogP contribution in [-0.4, -0.2) is 37.0 Å². The van der Waals surface area contributed by atoms with E-state index < -0.39 is 0 Å². The zero-order chi connectivity index (χ0) is 20.9. The highest BCUT2D eigenvalue weighted by Gasteiger charge is 2.24. The quantitative estimate of drug-likeness (QED) is 0.418. The van der Waals surface area contributed by atoms with Crippen molar-refractivity contribution in [2.24, 2.45) is 0 Å². The van der Waals surface area contributed by atoms with Crippen LogP contribution in [0.3, 0.4) is 0 Å². The van der Waals surface area contributed by atoms with Gasteiger partial charge in [-0.3, -0.25) is 4.79 Å². The molecule has 0 spiro atoms. The van der Waals surface area contributed by atoms with Gasteiger partial charge in [0.2, 0.25) is 0 Å². The summed E-state index contributed by atoms with van der Waals surface area (Å²) in [6, 6.07) is 23.6. The van der Waals surface area contributed by atoms with Crippen LogP contribution in [0.25, 0.3) is 11.6 Å². The normalized spacial score (nSPS) is 14.7. The van der Waals surface area contributed by atoms with Gasteiger partial charge in [-0.2, -0.15) is 0 Å². The Kier molecular flexibility index (Phi) is 6.15. The summed E-state index contributed by atoms with van der Waals surface area (Å²) in [7, 11) is 0. The van der Waals surface area contributed by atoms with Gasteiger partial charge in [-0.25, -0.2) is 4.39 Å². The van der Waals surface area contributed by atoms with E-state index in [1.807, 2.05) is 41.3 Å². The van der Waals surface area contributed by atoms with Gasteiger partial charge in [-0.15, -0.1) is 0 Å². The number of rotatable bonds is 4. The second-order valence-electron chi connectivity index (χ2n) is 7.23. The molecule has 3 nitrogen and oxygen atoms in total. The summed E-state index contributed by atoms with van der Waals surface area (Å²) >= 11 is 5.99. The Balaban J connectivity index is 1.57. The van der Waals surface area contributed by atoms with Gasteiger partial charge in [-0.05, 0) is 53.6 Å². The van der Waals surface area contributed by atoms with Crippen LogP contribution in [0.1, 0.15) is 11.1 Å². The van der Waals surface area contributed by atoms with Gasteiger partial charge in [-0.1, -0.05) is 54.1 Å². The molecule has 1 saturated heterocycles. The average Bonchev–Trinajstić information content (AvgIpc) is 2.80. The molecule has 3 aromatic carbocycles. The van der Waals surface area contributed by atoms with Crippen molar-refractivity contribution in [3.8, 4) is 0 Å². The highest BCUT2D eigenvalue weighted by atomic mass is 35.5. The molecule has 0 bridgehead atoms. The Morgan fingerprint density at radius 3 is 2.10 bits per heavy atom. The van der Waals surface area contributed by atoms with Crippen LogP contribution >= 0.6 is 11.6 Å². The third-order valence-corrected chi connectivity index (χ3v) is 5.51. The van der Waals surface area contributed by atoms with Gasteiger partial charge in [0, 0.05) is 42.5 Å². The molecule has 0 N–H and O–H groups in total. The number of hydrogen-bond acceptors (Lipinski definition) is 2. The minimum Gasteiger partial charge on any atom is -0.368 e. The number of carbonyl (C=O) groups is 1. The van der Waals surface area contributed by atoms with Crippen molar-refractivity contribution in [3.05, 3.63) is 101 Å². The molecule has 30 heavy (non-hydrogen) atoms. The lowest BCUT2D eigenvalue weighted by Gasteiger charge is -2.36. The molecule has 152 valence electrons. The number of para-hydroxylation sites is 1. The molecular formula is C25H22ClFN2O. The number of piperazine rings is 1. The van der Waals surface area contributed by atoms with Crippen molar-refractivity contribution in [3.63, 3.8) is 0 Å². The first kappa shape index (κ1) is 20.2. The molecular weight excluding hydrogens is 399 g/mol. The van der Waals surface area contributed by atoms with E-state index in [1.165, 1.54) is 17.8 Å². The van der Waals surface area contributed by atoms with Crippen molar-refractivity contribution >= 4 is 34.8 Å². The first-order valence-electron chi connectivity index (χ1n) is 9.92. The molecule has 1 heterocycles. The van der Waals surface area contributed by atoms with Crippen molar-refractivity contribution < 1.29 is 9.18 Å². The van der Waals surface area contributed by atoms with Crippen LogP contribution in [-0.2, 0) is 4.79 Å². The molecule has 1 aliphatic rings. The number of benzene rings is 3. The topological polar surface area (TPSA) is 23.6 Å². The average molecular weight is 421 g/mol. The molecule has 0 unspecified atom stereocenters. The van der Waals surface area contributed by atoms with E-state index >= 15 is 0 Å². The number of anilines is 1. The van der Waals surface area contributed by atoms with E-state index in [-0.39, 0.29) is 11.7 Å². The number of hydrogen-bond donors (Lipinski definition) is 0. The van der Waals surface area contributed by atoms with Crippen molar-refractivity contribution in [2.45, 2.75) is 0 Å². The van der Waals surface area contributed by atoms with Crippen LogP contribution in [0.5, 0.6) is 0 Å². The van der Waals surface area contributed by atoms with Crippen molar-refractivity contribution in [1.82, 2.24) is 4.90 Å². The van der Waals surface area contributed by atoms with Gasteiger partial charge in [0.05, 0.1) is 0 Å². The molecule has 1 fully saturated rings. The van der Waals surface area contributed by atoms with Crippen LogP contribution < -0.4 is 4.90 Å². The summed E-state index contributed by atoms with van der Waals surface area (Å²) in [5, 5.41) is 0.638. The Morgan fingerprint density at radius 2 is 1.47 bits per heavy atom. The molecule has 0 saturated carbocycles. The fourth-order valence-electron chi connectivity index (χ4n) is 3.60. The van der Waals surface area contributed by atoms with E-state index in [1.54, 1.807) is 24.3 Å². The molecule has 1 aliphatic heterocycles. The van der Waals surface area contributed by atoms with Crippen molar-refractivity contribution in [2.75, 3.05) is 31.1 Å².